The van der Waals surface area contributed by atoms with Gasteiger partial charge in [0.15, 0.2) is 0 Å². The number of hydrogen-bond acceptors (Lipinski definition) is 6. The molecule has 1 fully saturated rings. The minimum absolute atomic E-state index is 0.0207. The Morgan fingerprint density at radius 1 is 1.27 bits per heavy atom. The molecule has 1 aliphatic heterocycles. The second-order valence-electron chi connectivity index (χ2n) is 7.65. The van der Waals surface area contributed by atoms with Crippen LogP contribution in [0.25, 0.3) is 0 Å². The molecule has 0 spiro atoms. The Labute approximate surface area is 177 Å². The predicted octanol–water partition coefficient (Wildman–Crippen LogP) is 2.66. The maximum atomic E-state index is 12.8. The minimum Gasteiger partial charge on any atom is -0.495 e. The number of ether oxygens (including phenoxy) is 1. The lowest BCUT2D eigenvalue weighted by molar-refractivity contribution is -0.130. The van der Waals surface area contributed by atoms with Gasteiger partial charge in [-0.3, -0.25) is 14.5 Å². The summed E-state index contributed by atoms with van der Waals surface area (Å²) in [7, 11) is 5.08. The Kier molecular flexibility index (Phi) is 6.99. The zero-order valence-electron chi connectivity index (χ0n) is 18.0. The Hall–Kier alpha value is -3.00. The van der Waals surface area contributed by atoms with Crippen molar-refractivity contribution in [2.45, 2.75) is 32.2 Å². The van der Waals surface area contributed by atoms with Gasteiger partial charge in [0.25, 0.3) is 5.91 Å². The summed E-state index contributed by atoms with van der Waals surface area (Å²) in [6.07, 6.45) is 4.58. The Morgan fingerprint density at radius 3 is 2.73 bits per heavy atom. The van der Waals surface area contributed by atoms with E-state index >= 15 is 0 Å². The molecule has 0 unspecified atom stereocenters. The normalized spacial score (nSPS) is 16.7. The predicted molar refractivity (Wildman–Crippen MR) is 115 cm³/mol. The number of rotatable bonds is 6. The van der Waals surface area contributed by atoms with E-state index in [-0.39, 0.29) is 17.9 Å². The summed E-state index contributed by atoms with van der Waals surface area (Å²) in [4.78, 5) is 37.8. The number of piperidine rings is 1. The van der Waals surface area contributed by atoms with E-state index in [1.165, 1.54) is 0 Å². The first-order chi connectivity index (χ1) is 14.4. The van der Waals surface area contributed by atoms with E-state index < -0.39 is 0 Å². The average Bonchev–Trinajstić information content (AvgIpc) is 2.74. The molecule has 1 atom stereocenters. The summed E-state index contributed by atoms with van der Waals surface area (Å²) < 4.78 is 5.29. The molecular formula is C22H29N5O3. The highest BCUT2D eigenvalue weighted by Gasteiger charge is 2.29. The number of methoxy groups -OCH3 is 1. The lowest BCUT2D eigenvalue weighted by Crippen LogP contribution is -2.41. The number of hydrogen-bond donors (Lipinski definition) is 1. The highest BCUT2D eigenvalue weighted by atomic mass is 16.5. The molecule has 3 rings (SSSR count). The third-order valence-electron chi connectivity index (χ3n) is 5.35. The van der Waals surface area contributed by atoms with E-state index in [1.807, 2.05) is 12.1 Å². The fourth-order valence-electron chi connectivity index (χ4n) is 3.59. The number of nitrogens with one attached hydrogen (secondary N) is 1. The molecule has 2 amide bonds. The van der Waals surface area contributed by atoms with Crippen LogP contribution in [-0.4, -0.2) is 65.9 Å². The van der Waals surface area contributed by atoms with Gasteiger partial charge in [0.1, 0.15) is 11.6 Å². The van der Waals surface area contributed by atoms with Crippen molar-refractivity contribution < 1.29 is 14.3 Å². The summed E-state index contributed by atoms with van der Waals surface area (Å²) in [5.74, 6) is 1.02. The van der Waals surface area contributed by atoms with Crippen molar-refractivity contribution in [2.75, 3.05) is 39.6 Å². The van der Waals surface area contributed by atoms with Crippen LogP contribution in [0.3, 0.4) is 0 Å². The van der Waals surface area contributed by atoms with E-state index in [9.17, 15) is 9.59 Å². The quantitative estimate of drug-likeness (QED) is 0.786. The van der Waals surface area contributed by atoms with Crippen molar-refractivity contribution >= 4 is 17.5 Å². The zero-order valence-corrected chi connectivity index (χ0v) is 18.0. The fourth-order valence-corrected chi connectivity index (χ4v) is 3.59. The van der Waals surface area contributed by atoms with Gasteiger partial charge in [0, 0.05) is 20.3 Å². The van der Waals surface area contributed by atoms with Crippen molar-refractivity contribution in [3.8, 4) is 5.75 Å². The zero-order chi connectivity index (χ0) is 21.7. The summed E-state index contributed by atoms with van der Waals surface area (Å²) in [6.45, 7) is 2.99. The smallest absolute Gasteiger partial charge is 0.259 e. The molecule has 1 saturated heterocycles. The molecule has 0 radical (unpaired) electrons. The van der Waals surface area contributed by atoms with Gasteiger partial charge in [-0.05, 0) is 38.4 Å². The maximum Gasteiger partial charge on any atom is 0.259 e. The number of anilines is 1. The van der Waals surface area contributed by atoms with E-state index in [2.05, 4.69) is 20.2 Å². The Morgan fingerprint density at radius 2 is 2.03 bits per heavy atom. The molecular weight excluding hydrogens is 382 g/mol. The standard InChI is InChI=1S/C22H29N5O3/c1-15-16(22(29)25-17-9-5-6-11-19(17)30-4)13-23-21(24-15)18-10-7-8-12-27(18)14-20(28)26(2)3/h5-6,9,11,13,18H,7-8,10,12,14H2,1-4H3,(H,25,29)/t18-/m0/s1. The molecule has 8 nitrogen and oxygen atoms in total. The van der Waals surface area contributed by atoms with Gasteiger partial charge in [-0.2, -0.15) is 0 Å². The molecule has 0 aliphatic carbocycles. The van der Waals surface area contributed by atoms with Crippen LogP contribution in [0.15, 0.2) is 30.5 Å². The van der Waals surface area contributed by atoms with Crippen molar-refractivity contribution in [1.29, 1.82) is 0 Å². The second kappa shape index (κ2) is 9.67. The molecule has 160 valence electrons. The summed E-state index contributed by atoms with van der Waals surface area (Å²) in [5.41, 5.74) is 1.61. The number of aromatic nitrogens is 2. The largest absolute Gasteiger partial charge is 0.495 e. The van der Waals surface area contributed by atoms with E-state index in [0.29, 0.717) is 35.1 Å². The highest BCUT2D eigenvalue weighted by Crippen LogP contribution is 2.29. The van der Waals surface area contributed by atoms with Crippen molar-refractivity contribution in [3.05, 3.63) is 47.5 Å². The van der Waals surface area contributed by atoms with Gasteiger partial charge < -0.3 is 15.0 Å². The lowest BCUT2D eigenvalue weighted by atomic mass is 10.0. The number of benzene rings is 1. The van der Waals surface area contributed by atoms with E-state index in [4.69, 9.17) is 4.74 Å². The van der Waals surface area contributed by atoms with Crippen LogP contribution in [0, 0.1) is 6.92 Å². The third kappa shape index (κ3) is 4.94. The molecule has 2 heterocycles. The van der Waals surface area contributed by atoms with Crippen LogP contribution in [0.4, 0.5) is 5.69 Å². The number of carbonyl (C=O) groups excluding carboxylic acids is 2. The summed E-state index contributed by atoms with van der Waals surface area (Å²) in [5, 5.41) is 2.86. The first kappa shape index (κ1) is 21.7. The molecule has 1 aromatic carbocycles. The molecule has 1 aromatic heterocycles. The van der Waals surface area contributed by atoms with Crippen LogP contribution in [0.2, 0.25) is 0 Å². The Balaban J connectivity index is 1.78. The van der Waals surface area contributed by atoms with Crippen LogP contribution in [0.5, 0.6) is 5.75 Å². The summed E-state index contributed by atoms with van der Waals surface area (Å²) >= 11 is 0. The number of likely N-dealkylation sites (tertiary alicyclic amines) is 1. The molecule has 2 aromatic rings. The first-order valence-electron chi connectivity index (χ1n) is 10.1. The molecule has 1 aliphatic rings. The molecule has 0 saturated carbocycles. The number of likely N-dealkylation sites (N-methyl/N-ethyl adjacent to an activating group) is 1. The molecule has 1 N–H and O–H groups in total. The van der Waals surface area contributed by atoms with Gasteiger partial charge in [-0.25, -0.2) is 9.97 Å². The maximum absolute atomic E-state index is 12.8. The highest BCUT2D eigenvalue weighted by molar-refractivity contribution is 6.05. The van der Waals surface area contributed by atoms with E-state index in [1.54, 1.807) is 51.4 Å². The lowest BCUT2D eigenvalue weighted by Gasteiger charge is -2.34. The van der Waals surface area contributed by atoms with Crippen molar-refractivity contribution in [3.63, 3.8) is 0 Å². The third-order valence-corrected chi connectivity index (χ3v) is 5.35. The van der Waals surface area contributed by atoms with Gasteiger partial charge >= 0.3 is 0 Å². The fraction of sp³-hybridized carbons (Fsp3) is 0.455. The van der Waals surface area contributed by atoms with Gasteiger partial charge in [-0.15, -0.1) is 0 Å². The van der Waals surface area contributed by atoms with Crippen molar-refractivity contribution in [2.24, 2.45) is 0 Å². The molecule has 0 bridgehead atoms. The van der Waals surface area contributed by atoms with Crippen LogP contribution < -0.4 is 10.1 Å². The molecule has 30 heavy (non-hydrogen) atoms. The monoisotopic (exact) mass is 411 g/mol. The number of para-hydroxylation sites is 2. The SMILES string of the molecule is COc1ccccc1NC(=O)c1cnc([C@@H]2CCCCN2CC(=O)N(C)C)nc1C. The second-order valence-corrected chi connectivity index (χ2v) is 7.65. The van der Waals surface area contributed by atoms with Gasteiger partial charge in [0.2, 0.25) is 5.91 Å². The number of aryl methyl sites for hydroxylation is 1. The summed E-state index contributed by atoms with van der Waals surface area (Å²) in [6, 6.07) is 7.22. The van der Waals surface area contributed by atoms with Gasteiger partial charge in [0.05, 0.1) is 36.6 Å². The first-order valence-corrected chi connectivity index (χ1v) is 10.1. The number of carbonyl (C=O) groups is 2. The average molecular weight is 412 g/mol. The number of amides is 2. The topological polar surface area (TPSA) is 87.7 Å². The van der Waals surface area contributed by atoms with Crippen LogP contribution in [0.1, 0.15) is 47.2 Å². The van der Waals surface area contributed by atoms with Gasteiger partial charge in [-0.1, -0.05) is 18.6 Å². The van der Waals surface area contributed by atoms with Crippen LogP contribution >= 0.6 is 0 Å². The Bertz CT molecular complexity index is 915. The number of nitrogens with zero attached hydrogens (tertiary/aromatic N) is 4. The van der Waals surface area contributed by atoms with Crippen molar-refractivity contribution in [1.82, 2.24) is 19.8 Å². The molecule has 8 heteroatoms. The van der Waals surface area contributed by atoms with Crippen LogP contribution in [-0.2, 0) is 4.79 Å². The minimum atomic E-state index is -0.285. The van der Waals surface area contributed by atoms with E-state index in [0.717, 1.165) is 25.8 Å².